The number of aromatic nitrogens is 5. The van der Waals surface area contributed by atoms with E-state index in [1.54, 1.807) is 23.6 Å². The predicted octanol–water partition coefficient (Wildman–Crippen LogP) is 5.05. The Kier molecular flexibility index (Phi) is 5.83. The number of halogens is 1. The van der Waals surface area contributed by atoms with Gasteiger partial charge in [-0.3, -0.25) is 0 Å². The molecule has 3 heterocycles. The summed E-state index contributed by atoms with van der Waals surface area (Å²) in [5, 5.41) is 3.54. The SMILES string of the molecule is CN(Cc1ccccc1)c1nc(CCc2nc(-c3nccs3)cn2C)nc2c(F)cccc12. The van der Waals surface area contributed by atoms with Gasteiger partial charge in [0.1, 0.15) is 39.5 Å². The number of aryl methyl sites for hydroxylation is 3. The lowest BCUT2D eigenvalue weighted by atomic mass is 10.1. The summed E-state index contributed by atoms with van der Waals surface area (Å²) in [5.41, 5.74) is 2.37. The Morgan fingerprint density at radius 3 is 2.64 bits per heavy atom. The summed E-state index contributed by atoms with van der Waals surface area (Å²) in [6.45, 7) is 0.666. The second-order valence-electron chi connectivity index (χ2n) is 7.93. The highest BCUT2D eigenvalue weighted by atomic mass is 32.1. The van der Waals surface area contributed by atoms with E-state index in [1.807, 2.05) is 59.4 Å². The van der Waals surface area contributed by atoms with Crippen LogP contribution < -0.4 is 4.90 Å². The molecule has 3 aromatic heterocycles. The minimum Gasteiger partial charge on any atom is -0.355 e. The highest BCUT2D eigenvalue weighted by molar-refractivity contribution is 7.13. The topological polar surface area (TPSA) is 59.7 Å². The molecule has 6 nitrogen and oxygen atoms in total. The first-order valence-electron chi connectivity index (χ1n) is 10.7. The van der Waals surface area contributed by atoms with Crippen LogP contribution in [0.2, 0.25) is 0 Å². The van der Waals surface area contributed by atoms with Gasteiger partial charge in [0.2, 0.25) is 0 Å². The molecule has 5 rings (SSSR count). The van der Waals surface area contributed by atoms with Crippen molar-refractivity contribution in [2.45, 2.75) is 19.4 Å². The Morgan fingerprint density at radius 2 is 1.85 bits per heavy atom. The van der Waals surface area contributed by atoms with Gasteiger partial charge < -0.3 is 9.47 Å². The number of hydrogen-bond donors (Lipinski definition) is 0. The molecule has 8 heteroatoms. The molecule has 0 atom stereocenters. The zero-order chi connectivity index (χ0) is 22.8. The smallest absolute Gasteiger partial charge is 0.149 e. The van der Waals surface area contributed by atoms with Crippen molar-refractivity contribution in [3.63, 3.8) is 0 Å². The third kappa shape index (κ3) is 4.47. The Balaban J connectivity index is 1.44. The number of benzene rings is 2. The van der Waals surface area contributed by atoms with Crippen molar-refractivity contribution in [3.05, 3.63) is 89.3 Å². The van der Waals surface area contributed by atoms with E-state index < -0.39 is 0 Å². The number of thiazole rings is 1. The molecular formula is C25H23FN6S. The molecular weight excluding hydrogens is 435 g/mol. The van der Waals surface area contributed by atoms with Crippen molar-refractivity contribution in [2.24, 2.45) is 7.05 Å². The van der Waals surface area contributed by atoms with Crippen LogP contribution in [0.15, 0.2) is 66.3 Å². The third-order valence-electron chi connectivity index (χ3n) is 5.52. The molecule has 0 N–H and O–H groups in total. The summed E-state index contributed by atoms with van der Waals surface area (Å²) in [5.74, 6) is 1.90. The van der Waals surface area contributed by atoms with E-state index in [0.29, 0.717) is 36.1 Å². The second-order valence-corrected chi connectivity index (χ2v) is 8.83. The summed E-state index contributed by atoms with van der Waals surface area (Å²) >= 11 is 1.56. The minimum atomic E-state index is -0.339. The fourth-order valence-corrected chi connectivity index (χ4v) is 4.49. The Labute approximate surface area is 195 Å². The van der Waals surface area contributed by atoms with Crippen LogP contribution in [-0.2, 0) is 26.4 Å². The molecule has 0 radical (unpaired) electrons. The standard InChI is InChI=1S/C25H23FN6S/c1-31-16-20(25-27-13-14-33-25)28-22(31)12-11-21-29-23-18(9-6-10-19(23)26)24(30-21)32(2)15-17-7-4-3-5-8-17/h3-10,13-14,16H,11-12,15H2,1-2H3. The number of anilines is 1. The van der Waals surface area contributed by atoms with E-state index in [-0.39, 0.29) is 5.82 Å². The zero-order valence-corrected chi connectivity index (χ0v) is 19.3. The van der Waals surface area contributed by atoms with Gasteiger partial charge >= 0.3 is 0 Å². The first kappa shape index (κ1) is 21.2. The molecule has 0 amide bonds. The van der Waals surface area contributed by atoms with E-state index in [1.165, 1.54) is 6.07 Å². The number of hydrogen-bond acceptors (Lipinski definition) is 6. The largest absolute Gasteiger partial charge is 0.355 e. The van der Waals surface area contributed by atoms with Gasteiger partial charge in [-0.05, 0) is 17.7 Å². The highest BCUT2D eigenvalue weighted by Crippen LogP contribution is 2.27. The highest BCUT2D eigenvalue weighted by Gasteiger charge is 2.16. The van der Waals surface area contributed by atoms with E-state index in [2.05, 4.69) is 22.1 Å². The predicted molar refractivity (Wildman–Crippen MR) is 130 cm³/mol. The molecule has 0 fully saturated rings. The molecule has 0 unspecified atom stereocenters. The zero-order valence-electron chi connectivity index (χ0n) is 18.4. The van der Waals surface area contributed by atoms with Gasteiger partial charge in [-0.25, -0.2) is 24.3 Å². The molecule has 0 aliphatic rings. The van der Waals surface area contributed by atoms with Crippen LogP contribution in [0, 0.1) is 5.82 Å². The maximum atomic E-state index is 14.7. The summed E-state index contributed by atoms with van der Waals surface area (Å²) in [6, 6.07) is 15.2. The van der Waals surface area contributed by atoms with Gasteiger partial charge in [0.15, 0.2) is 0 Å². The average molecular weight is 459 g/mol. The van der Waals surface area contributed by atoms with E-state index in [4.69, 9.17) is 9.97 Å². The van der Waals surface area contributed by atoms with Crippen LogP contribution in [0.1, 0.15) is 17.2 Å². The monoisotopic (exact) mass is 458 g/mol. The molecule has 0 saturated carbocycles. The first-order chi connectivity index (χ1) is 16.1. The van der Waals surface area contributed by atoms with Crippen molar-refractivity contribution in [2.75, 3.05) is 11.9 Å². The maximum Gasteiger partial charge on any atom is 0.149 e. The lowest BCUT2D eigenvalue weighted by molar-refractivity contribution is 0.635. The Bertz CT molecular complexity index is 1380. The number of nitrogens with zero attached hydrogens (tertiary/aromatic N) is 6. The molecule has 0 bridgehead atoms. The van der Waals surface area contributed by atoms with Gasteiger partial charge in [0, 0.05) is 56.6 Å². The molecule has 166 valence electrons. The number of fused-ring (bicyclic) bond motifs is 1. The van der Waals surface area contributed by atoms with E-state index in [9.17, 15) is 4.39 Å². The van der Waals surface area contributed by atoms with Crippen LogP contribution >= 0.6 is 11.3 Å². The number of imidazole rings is 1. The Hall–Kier alpha value is -3.65. The lowest BCUT2D eigenvalue weighted by Gasteiger charge is -2.21. The van der Waals surface area contributed by atoms with Crippen molar-refractivity contribution in [1.82, 2.24) is 24.5 Å². The van der Waals surface area contributed by atoms with E-state index in [0.717, 1.165) is 27.9 Å². The van der Waals surface area contributed by atoms with Crippen LogP contribution in [0.4, 0.5) is 10.2 Å². The normalized spacial score (nSPS) is 11.2. The lowest BCUT2D eigenvalue weighted by Crippen LogP contribution is -2.19. The molecule has 33 heavy (non-hydrogen) atoms. The quantitative estimate of drug-likeness (QED) is 0.342. The molecule has 5 aromatic rings. The molecule has 2 aromatic carbocycles. The molecule has 0 saturated heterocycles. The van der Waals surface area contributed by atoms with Gasteiger partial charge in [-0.1, -0.05) is 36.4 Å². The van der Waals surface area contributed by atoms with Gasteiger partial charge in [0.25, 0.3) is 0 Å². The van der Waals surface area contributed by atoms with Gasteiger partial charge in [0.05, 0.1) is 0 Å². The minimum absolute atomic E-state index is 0.339. The molecule has 0 spiro atoms. The average Bonchev–Trinajstić information content (AvgIpc) is 3.48. The Morgan fingerprint density at radius 1 is 1.00 bits per heavy atom. The maximum absolute atomic E-state index is 14.7. The van der Waals surface area contributed by atoms with Crippen LogP contribution in [-0.4, -0.2) is 31.6 Å². The van der Waals surface area contributed by atoms with Crippen LogP contribution in [0.25, 0.3) is 21.6 Å². The number of rotatable bonds is 7. The first-order valence-corrected chi connectivity index (χ1v) is 11.6. The van der Waals surface area contributed by atoms with Crippen molar-refractivity contribution in [3.8, 4) is 10.7 Å². The fourth-order valence-electron chi connectivity index (χ4n) is 3.89. The van der Waals surface area contributed by atoms with Gasteiger partial charge in [-0.2, -0.15) is 0 Å². The summed E-state index contributed by atoms with van der Waals surface area (Å²) in [6.07, 6.45) is 4.95. The summed E-state index contributed by atoms with van der Waals surface area (Å²) < 4.78 is 16.7. The molecule has 0 aliphatic carbocycles. The van der Waals surface area contributed by atoms with Crippen LogP contribution in [0.3, 0.4) is 0 Å². The number of para-hydroxylation sites is 1. The van der Waals surface area contributed by atoms with E-state index >= 15 is 0 Å². The van der Waals surface area contributed by atoms with Gasteiger partial charge in [-0.15, -0.1) is 11.3 Å². The van der Waals surface area contributed by atoms with Crippen molar-refractivity contribution < 1.29 is 4.39 Å². The fraction of sp³-hybridized carbons (Fsp3) is 0.200. The second kappa shape index (κ2) is 9.07. The van der Waals surface area contributed by atoms with Crippen molar-refractivity contribution >= 4 is 28.1 Å². The summed E-state index contributed by atoms with van der Waals surface area (Å²) in [7, 11) is 3.95. The van der Waals surface area contributed by atoms with Crippen molar-refractivity contribution in [1.29, 1.82) is 0 Å². The summed E-state index contributed by atoms with van der Waals surface area (Å²) in [4.78, 5) is 20.5. The molecule has 0 aliphatic heterocycles. The third-order valence-corrected chi connectivity index (χ3v) is 6.32. The van der Waals surface area contributed by atoms with Crippen LogP contribution in [0.5, 0.6) is 0 Å².